The number of carbonyl (C=O) groups is 1. The first-order valence-corrected chi connectivity index (χ1v) is 10.0. The number of hydrogen-bond acceptors (Lipinski definition) is 4. The maximum atomic E-state index is 13.3. The lowest BCUT2D eigenvalue weighted by Crippen LogP contribution is -2.24. The van der Waals surface area contributed by atoms with Crippen LogP contribution in [0.3, 0.4) is 0 Å². The number of rotatable bonds is 5. The first kappa shape index (κ1) is 19.0. The SMILES string of the molecule is Cc1ccc(-n2c(SC(C(N)=O)c3ccccc3)nc3ccccc3c2=O)cc1. The van der Waals surface area contributed by atoms with Gasteiger partial charge in [-0.3, -0.25) is 14.2 Å². The monoisotopic (exact) mass is 401 g/mol. The maximum absolute atomic E-state index is 13.3. The van der Waals surface area contributed by atoms with E-state index in [1.165, 1.54) is 11.8 Å². The number of primary amides is 1. The summed E-state index contributed by atoms with van der Waals surface area (Å²) >= 11 is 1.18. The second-order valence-electron chi connectivity index (χ2n) is 6.70. The lowest BCUT2D eigenvalue weighted by molar-refractivity contribution is -0.117. The number of nitrogens with two attached hydrogens (primary N) is 1. The summed E-state index contributed by atoms with van der Waals surface area (Å²) in [4.78, 5) is 30.2. The van der Waals surface area contributed by atoms with Gasteiger partial charge in [-0.25, -0.2) is 4.98 Å². The summed E-state index contributed by atoms with van der Waals surface area (Å²) in [7, 11) is 0. The first-order valence-electron chi connectivity index (χ1n) is 9.14. The normalized spacial score (nSPS) is 12.0. The van der Waals surface area contributed by atoms with Crippen LogP contribution in [0.15, 0.2) is 88.8 Å². The minimum absolute atomic E-state index is 0.182. The molecular weight excluding hydrogens is 382 g/mol. The predicted octanol–water partition coefficient (Wildman–Crippen LogP) is 4.01. The molecule has 144 valence electrons. The summed E-state index contributed by atoms with van der Waals surface area (Å²) in [5, 5.41) is 0.277. The molecule has 0 aliphatic heterocycles. The van der Waals surface area contributed by atoms with E-state index < -0.39 is 11.2 Å². The van der Waals surface area contributed by atoms with Gasteiger partial charge < -0.3 is 5.73 Å². The number of nitrogens with zero attached hydrogens (tertiary/aromatic N) is 2. The minimum Gasteiger partial charge on any atom is -0.368 e. The Kier molecular flexibility index (Phi) is 5.18. The van der Waals surface area contributed by atoms with Gasteiger partial charge in [-0.2, -0.15) is 0 Å². The predicted molar refractivity (Wildman–Crippen MR) is 116 cm³/mol. The summed E-state index contributed by atoms with van der Waals surface area (Å²) in [6.45, 7) is 1.99. The smallest absolute Gasteiger partial charge is 0.266 e. The number of carbonyl (C=O) groups excluding carboxylic acids is 1. The molecule has 29 heavy (non-hydrogen) atoms. The molecule has 5 nitrogen and oxygen atoms in total. The number of hydrogen-bond donors (Lipinski definition) is 1. The Morgan fingerprint density at radius 3 is 2.31 bits per heavy atom. The Morgan fingerprint density at radius 1 is 0.966 bits per heavy atom. The van der Waals surface area contributed by atoms with Crippen molar-refractivity contribution < 1.29 is 4.79 Å². The van der Waals surface area contributed by atoms with Crippen LogP contribution in [0.5, 0.6) is 0 Å². The number of benzene rings is 3. The number of thioether (sulfide) groups is 1. The molecule has 1 atom stereocenters. The molecule has 0 radical (unpaired) electrons. The molecule has 0 aliphatic carbocycles. The van der Waals surface area contributed by atoms with Crippen LogP contribution in [-0.2, 0) is 4.79 Å². The van der Waals surface area contributed by atoms with Gasteiger partial charge in [0.1, 0.15) is 5.25 Å². The summed E-state index contributed by atoms with van der Waals surface area (Å²) in [5.74, 6) is -0.487. The standard InChI is InChI=1S/C23H19N3O2S/c1-15-11-13-17(14-12-15)26-22(28)18-9-5-6-10-19(18)25-23(26)29-20(21(24)27)16-7-3-2-4-8-16/h2-14,20H,1H3,(H2,24,27). The molecule has 4 rings (SSSR count). The van der Waals surface area contributed by atoms with Crippen LogP contribution >= 0.6 is 11.8 Å². The molecule has 1 unspecified atom stereocenters. The zero-order valence-corrected chi connectivity index (χ0v) is 16.6. The average Bonchev–Trinajstić information content (AvgIpc) is 2.73. The fourth-order valence-electron chi connectivity index (χ4n) is 3.14. The average molecular weight is 401 g/mol. The van der Waals surface area contributed by atoms with Gasteiger partial charge in [0.05, 0.1) is 16.6 Å². The fraction of sp³-hybridized carbons (Fsp3) is 0.0870. The van der Waals surface area contributed by atoms with Crippen molar-refractivity contribution >= 4 is 28.6 Å². The zero-order chi connectivity index (χ0) is 20.4. The van der Waals surface area contributed by atoms with E-state index in [1.807, 2.05) is 73.7 Å². The summed E-state index contributed by atoms with van der Waals surface area (Å²) in [6, 6.07) is 24.1. The van der Waals surface area contributed by atoms with Crippen molar-refractivity contribution in [3.05, 3.63) is 100 Å². The van der Waals surface area contributed by atoms with E-state index in [9.17, 15) is 9.59 Å². The number of fused-ring (bicyclic) bond motifs is 1. The van der Waals surface area contributed by atoms with E-state index in [1.54, 1.807) is 16.7 Å². The molecule has 0 aliphatic rings. The molecule has 3 aromatic carbocycles. The largest absolute Gasteiger partial charge is 0.368 e. The van der Waals surface area contributed by atoms with Gasteiger partial charge in [-0.05, 0) is 36.8 Å². The van der Waals surface area contributed by atoms with Crippen molar-refractivity contribution in [2.24, 2.45) is 5.73 Å². The molecule has 0 saturated carbocycles. The van der Waals surface area contributed by atoms with Crippen molar-refractivity contribution in [1.29, 1.82) is 0 Å². The number of amides is 1. The van der Waals surface area contributed by atoms with Crippen LogP contribution in [0.25, 0.3) is 16.6 Å². The van der Waals surface area contributed by atoms with E-state index in [2.05, 4.69) is 0 Å². The highest BCUT2D eigenvalue weighted by Gasteiger charge is 2.23. The first-order chi connectivity index (χ1) is 14.0. The van der Waals surface area contributed by atoms with E-state index >= 15 is 0 Å². The third-order valence-electron chi connectivity index (χ3n) is 4.62. The Bertz CT molecular complexity index is 1230. The Morgan fingerprint density at radius 2 is 1.62 bits per heavy atom. The molecule has 6 heteroatoms. The van der Waals surface area contributed by atoms with Crippen LogP contribution in [0.4, 0.5) is 0 Å². The summed E-state index contributed by atoms with van der Waals surface area (Å²) < 4.78 is 1.55. The van der Waals surface area contributed by atoms with Gasteiger partial charge in [0.25, 0.3) is 5.56 Å². The van der Waals surface area contributed by atoms with Gasteiger partial charge in [0, 0.05) is 0 Å². The van der Waals surface area contributed by atoms with Crippen molar-refractivity contribution in [2.45, 2.75) is 17.3 Å². The van der Waals surface area contributed by atoms with Crippen LogP contribution in [0, 0.1) is 6.92 Å². The van der Waals surface area contributed by atoms with Crippen molar-refractivity contribution in [2.75, 3.05) is 0 Å². The molecule has 1 amide bonds. The lowest BCUT2D eigenvalue weighted by atomic mass is 10.1. The Labute approximate surface area is 172 Å². The quantitative estimate of drug-likeness (QED) is 0.405. The molecule has 0 fully saturated rings. The Balaban J connectivity index is 1.92. The van der Waals surface area contributed by atoms with Crippen molar-refractivity contribution in [3.63, 3.8) is 0 Å². The fourth-order valence-corrected chi connectivity index (χ4v) is 4.20. The van der Waals surface area contributed by atoms with Crippen LogP contribution in [0.2, 0.25) is 0 Å². The number of aromatic nitrogens is 2. The maximum Gasteiger partial charge on any atom is 0.266 e. The lowest BCUT2D eigenvalue weighted by Gasteiger charge is -2.17. The summed E-state index contributed by atoms with van der Waals surface area (Å²) in [5.41, 5.74) is 8.65. The van der Waals surface area contributed by atoms with E-state index in [0.29, 0.717) is 21.7 Å². The van der Waals surface area contributed by atoms with Gasteiger partial charge in [0.2, 0.25) is 5.91 Å². The number of aryl methyl sites for hydroxylation is 1. The van der Waals surface area contributed by atoms with Gasteiger partial charge in [0.15, 0.2) is 5.16 Å². The van der Waals surface area contributed by atoms with Gasteiger partial charge in [-0.1, -0.05) is 71.9 Å². The van der Waals surface area contributed by atoms with Crippen LogP contribution in [0.1, 0.15) is 16.4 Å². The topological polar surface area (TPSA) is 78.0 Å². The van der Waals surface area contributed by atoms with Crippen LogP contribution < -0.4 is 11.3 Å². The van der Waals surface area contributed by atoms with Crippen molar-refractivity contribution in [3.8, 4) is 5.69 Å². The van der Waals surface area contributed by atoms with E-state index in [4.69, 9.17) is 10.7 Å². The molecule has 0 spiro atoms. The van der Waals surface area contributed by atoms with Gasteiger partial charge in [-0.15, -0.1) is 0 Å². The molecule has 1 heterocycles. The second kappa shape index (κ2) is 7.93. The molecule has 0 bridgehead atoms. The Hall–Kier alpha value is -3.38. The second-order valence-corrected chi connectivity index (χ2v) is 7.77. The highest BCUT2D eigenvalue weighted by atomic mass is 32.2. The minimum atomic E-state index is -0.666. The molecular formula is C23H19N3O2S. The van der Waals surface area contributed by atoms with E-state index in [-0.39, 0.29) is 5.56 Å². The van der Waals surface area contributed by atoms with Crippen LogP contribution in [-0.4, -0.2) is 15.5 Å². The number of para-hydroxylation sites is 1. The highest BCUT2D eigenvalue weighted by Crippen LogP contribution is 2.35. The summed E-state index contributed by atoms with van der Waals surface area (Å²) in [6.07, 6.45) is 0. The third-order valence-corrected chi connectivity index (χ3v) is 5.85. The molecule has 0 saturated heterocycles. The van der Waals surface area contributed by atoms with E-state index in [0.717, 1.165) is 11.1 Å². The molecule has 1 aromatic heterocycles. The molecule has 2 N–H and O–H groups in total. The zero-order valence-electron chi connectivity index (χ0n) is 15.8. The van der Waals surface area contributed by atoms with Gasteiger partial charge >= 0.3 is 0 Å². The molecule has 4 aromatic rings. The highest BCUT2D eigenvalue weighted by molar-refractivity contribution is 8.00. The third kappa shape index (κ3) is 3.79. The van der Waals surface area contributed by atoms with Crippen molar-refractivity contribution in [1.82, 2.24) is 9.55 Å².